The minimum absolute atomic E-state index is 0.0143. The minimum Gasteiger partial charge on any atom is -0.354 e. The van der Waals surface area contributed by atoms with Crippen LogP contribution in [0.1, 0.15) is 476 Å². The first-order valence-corrected chi connectivity index (χ1v) is 62.5. The van der Waals surface area contributed by atoms with Crippen LogP contribution in [-0.2, 0) is 35.3 Å². The first-order valence-electron chi connectivity index (χ1n) is 55.1. The van der Waals surface area contributed by atoms with Gasteiger partial charge >= 0.3 is 0 Å². The molecule has 2 N–H and O–H groups in total. The number of aromatic amines is 2. The van der Waals surface area contributed by atoms with Gasteiger partial charge in [-0.2, -0.15) is 0 Å². The molecule has 9 aromatic rings. The molecule has 0 aliphatic carbocycles. The van der Waals surface area contributed by atoms with Gasteiger partial charge in [-0.15, -0.1) is 68.0 Å². The van der Waals surface area contributed by atoms with E-state index in [1.807, 2.05) is 81.9 Å². The van der Waals surface area contributed by atoms with Gasteiger partial charge in [0, 0.05) is 84.0 Å². The van der Waals surface area contributed by atoms with Crippen molar-refractivity contribution < 1.29 is 9.59 Å². The number of likely N-dealkylation sites (N-methyl/N-ethyl adjacent to an activating group) is 2. The Kier molecular flexibility index (Phi) is 47.1. The van der Waals surface area contributed by atoms with Crippen LogP contribution >= 0.6 is 116 Å². The summed E-state index contributed by atoms with van der Waals surface area (Å²) in [6.07, 6.45) is 76.3. The van der Waals surface area contributed by atoms with Crippen LogP contribution in [0, 0.1) is 23.7 Å². The molecule has 2 fully saturated rings. The van der Waals surface area contributed by atoms with Gasteiger partial charge < -0.3 is 9.97 Å². The predicted octanol–water partition coefficient (Wildman–Crippen LogP) is 40.2. The number of thioether (sulfide) groups is 2. The Morgan fingerprint density at radius 2 is 0.593 bits per heavy atom. The van der Waals surface area contributed by atoms with Gasteiger partial charge in [-0.3, -0.25) is 19.4 Å². The van der Waals surface area contributed by atoms with Gasteiger partial charge in [0.05, 0.1) is 64.5 Å². The van der Waals surface area contributed by atoms with Crippen molar-refractivity contribution in [1.82, 2.24) is 29.7 Å². The zero-order chi connectivity index (χ0) is 98.2. The number of carbonyl (C=O) groups excluding carboxylic acids is 2. The molecule has 4 aliphatic rings. The van der Waals surface area contributed by atoms with Crippen LogP contribution in [0.2, 0.25) is 0 Å². The molecule has 13 rings (SSSR count). The zero-order valence-corrected chi connectivity index (χ0v) is 94.6. The van der Waals surface area contributed by atoms with Crippen LogP contribution in [0.5, 0.6) is 0 Å². The number of unbranched alkanes of at least 4 members (excludes halogenated alkanes) is 36. The summed E-state index contributed by atoms with van der Waals surface area (Å²) in [7, 11) is 0. The third-order valence-corrected chi connectivity index (χ3v) is 38.5. The number of thiophene rings is 6. The average Bonchev–Trinajstić information content (AvgIpc) is 1.62. The lowest BCUT2D eigenvalue weighted by Gasteiger charge is -2.19. The smallest absolute Gasteiger partial charge is 0.266 e. The van der Waals surface area contributed by atoms with Crippen LogP contribution < -0.4 is 0 Å². The minimum atomic E-state index is 0.0143. The molecule has 2 saturated heterocycles. The van der Waals surface area contributed by atoms with E-state index in [0.717, 1.165) is 159 Å². The van der Waals surface area contributed by atoms with E-state index in [1.54, 1.807) is 9.80 Å². The summed E-state index contributed by atoms with van der Waals surface area (Å²) in [5, 5.41) is 0. The van der Waals surface area contributed by atoms with Crippen LogP contribution in [-0.4, -0.2) is 63.3 Å². The molecule has 2 atom stereocenters. The van der Waals surface area contributed by atoms with Crippen molar-refractivity contribution in [3.63, 3.8) is 0 Å². The van der Waals surface area contributed by atoms with E-state index >= 15 is 0 Å². The summed E-state index contributed by atoms with van der Waals surface area (Å²) in [6.45, 7) is 23.7. The highest BCUT2D eigenvalue weighted by Crippen LogP contribution is 2.50. The Labute approximate surface area is 886 Å². The molecule has 9 aromatic heterocycles. The highest BCUT2D eigenvalue weighted by molar-refractivity contribution is 8.27. The molecule has 0 spiro atoms. The summed E-state index contributed by atoms with van der Waals surface area (Å²) in [6, 6.07) is 28.6. The molecular formula is C122H160N6O2S10. The Hall–Kier alpha value is -6.78. The molecule has 18 heteroatoms. The number of amides is 2. The number of aryl methyl sites for hydroxylation is 4. The number of hydrogen-bond acceptors (Lipinski definition) is 14. The maximum absolute atomic E-state index is 13.7. The molecule has 4 aliphatic heterocycles. The summed E-state index contributed by atoms with van der Waals surface area (Å²) >= 11 is 25.5. The quantitative estimate of drug-likeness (QED) is 0.0168. The van der Waals surface area contributed by atoms with Crippen LogP contribution in [0.25, 0.3) is 97.5 Å². The number of hydrogen-bond donors (Lipinski definition) is 2. The van der Waals surface area contributed by atoms with Crippen LogP contribution in [0.4, 0.5) is 0 Å². The molecule has 140 heavy (non-hydrogen) atoms. The first-order chi connectivity index (χ1) is 68.7. The van der Waals surface area contributed by atoms with Crippen molar-refractivity contribution in [2.24, 2.45) is 0 Å². The second kappa shape index (κ2) is 59.7. The monoisotopic (exact) mass is 2060 g/mol. The number of thiocarbonyl (C=S) groups is 2. The highest BCUT2D eigenvalue weighted by Gasteiger charge is 2.34. The standard InChI is InChI=1S/C122H160N6O2S10/c1-11-21-29-37-41-43-47-55-59-87(57-53-45-39-31-23-13-3)113-103-73-69-99(123-103)97(67-65-93-81-89(61-49-33-25-15-5)115(133-93)107-77-79-109(137-107)117-91(63-51-35-27-17-7)83-95(135-117)85-111-119(129)127(19-9)121(131)139-111)101-71-75-105(125-101)114(88(58-54-46-40-32-24-14-4)60-56-48-44-42-38-30-22-12-2)106-76-72-102(126-106)98(100-70-74-104(113)124-100)68-66-94-82-90(62-50-34-26-16-6)116(134-94)108-78-80-110(138-108)118-92(64-52-36-28-18-8)84-96(136-118)86-112-120(130)128(20-10)122(132)140-112/h69-88,123-124H,11-64H2,1-10H3. The SMILES string of the molecule is CCCCCCCCCCC(CCCCCCCC)c1c2nc(c(C#Cc3cc(CCCCCC)c(-c4ccc(-c5sc(C=C6SC(=S)N(CC)C6=O)cc5CCCCCC)s4)s3)c3ccc([nH]3)c(C(CCCCCCCC)CCCCCCCCCC)c3ccc([nH]3)c(C#Cc3cc(CCCCCC)c(-c4ccc(-c5sc(C=C6SC(=S)N(CC)C6=O)cc5CCCCCC)s4)s3)c3nc1C=C3)C=C2. The second-order valence-electron chi connectivity index (χ2n) is 39.5. The van der Waals surface area contributed by atoms with Crippen molar-refractivity contribution in [1.29, 1.82) is 0 Å². The summed E-state index contributed by atoms with van der Waals surface area (Å²) in [5.41, 5.74) is 18.0. The summed E-state index contributed by atoms with van der Waals surface area (Å²) in [4.78, 5) is 67.6. The number of rotatable bonds is 62. The van der Waals surface area contributed by atoms with Crippen molar-refractivity contribution in [3.05, 3.63) is 169 Å². The summed E-state index contributed by atoms with van der Waals surface area (Å²) < 4.78 is 1.28. The van der Waals surface area contributed by atoms with Gasteiger partial charge in [0.2, 0.25) is 0 Å². The van der Waals surface area contributed by atoms with Gasteiger partial charge in [-0.25, -0.2) is 9.97 Å². The number of carbonyl (C=O) groups is 2. The maximum Gasteiger partial charge on any atom is 0.266 e. The molecule has 8 nitrogen and oxygen atoms in total. The highest BCUT2D eigenvalue weighted by atomic mass is 32.2. The van der Waals surface area contributed by atoms with Gasteiger partial charge in [-0.05, 0) is 234 Å². The topological polar surface area (TPSA) is 98.0 Å². The molecule has 0 saturated carbocycles. The van der Waals surface area contributed by atoms with E-state index in [9.17, 15) is 9.59 Å². The Morgan fingerprint density at radius 3 is 0.907 bits per heavy atom. The van der Waals surface area contributed by atoms with Crippen LogP contribution in [0.3, 0.4) is 0 Å². The molecular weight excluding hydrogens is 1900 g/mol. The van der Waals surface area contributed by atoms with E-state index < -0.39 is 0 Å². The Bertz CT molecular complexity index is 5630. The predicted molar refractivity (Wildman–Crippen MR) is 631 cm³/mol. The fourth-order valence-electron chi connectivity index (χ4n) is 20.4. The van der Waals surface area contributed by atoms with Crippen molar-refractivity contribution in [3.8, 4) is 62.7 Å². The van der Waals surface area contributed by atoms with Crippen molar-refractivity contribution >= 4 is 195 Å². The first kappa shape index (κ1) is 110. The van der Waals surface area contributed by atoms with Gasteiger partial charge in [0.25, 0.3) is 11.8 Å². The van der Waals surface area contributed by atoms with E-state index in [4.69, 9.17) is 34.4 Å². The molecule has 2 amide bonds. The molecule has 2 unspecified atom stereocenters. The van der Waals surface area contributed by atoms with Gasteiger partial charge in [0.1, 0.15) is 8.64 Å². The fourth-order valence-corrected chi connectivity index (χ4v) is 30.3. The van der Waals surface area contributed by atoms with Gasteiger partial charge in [0.15, 0.2) is 0 Å². The average molecular weight is 2060 g/mol. The maximum atomic E-state index is 13.7. The molecule has 750 valence electrons. The van der Waals surface area contributed by atoms with E-state index in [-0.39, 0.29) is 23.7 Å². The molecule has 0 radical (unpaired) electrons. The van der Waals surface area contributed by atoms with Crippen LogP contribution in [0.15, 0.2) is 82.6 Å². The lowest BCUT2D eigenvalue weighted by Crippen LogP contribution is -2.27. The third-order valence-electron chi connectivity index (χ3n) is 28.4. The van der Waals surface area contributed by atoms with E-state index in [2.05, 4.69) is 198 Å². The van der Waals surface area contributed by atoms with E-state index in [1.165, 1.54) is 346 Å². The number of fused-ring (bicyclic) bond motifs is 8. The summed E-state index contributed by atoms with van der Waals surface area (Å²) in [5.74, 6) is 16.5. The van der Waals surface area contributed by atoms with Crippen molar-refractivity contribution in [2.75, 3.05) is 13.1 Å². The Morgan fingerprint density at radius 1 is 0.314 bits per heavy atom. The largest absolute Gasteiger partial charge is 0.354 e. The number of aromatic nitrogens is 4. The molecule has 8 bridgehead atoms. The molecule has 13 heterocycles. The number of nitrogens with one attached hydrogen (secondary N) is 2. The number of nitrogens with zero attached hydrogens (tertiary/aromatic N) is 4. The zero-order valence-electron chi connectivity index (χ0n) is 86.4. The third kappa shape index (κ3) is 31.6. The Balaban J connectivity index is 0.991. The normalized spacial score (nSPS) is 14.2. The molecule has 0 aromatic carbocycles. The lowest BCUT2D eigenvalue weighted by molar-refractivity contribution is -0.122. The second-order valence-corrected chi connectivity index (χ2v) is 49.3. The fraction of sp³-hybridized carbons (Fsp3) is 0.541. The van der Waals surface area contributed by atoms with Gasteiger partial charge in [-0.1, -0.05) is 384 Å². The lowest BCUT2D eigenvalue weighted by atomic mass is 9.86. The van der Waals surface area contributed by atoms with E-state index in [0.29, 0.717) is 31.5 Å². The van der Waals surface area contributed by atoms with Crippen molar-refractivity contribution in [2.45, 2.75) is 415 Å². The number of H-pyrrole nitrogens is 2.